The molecule has 1 atom stereocenters. The van der Waals surface area contributed by atoms with Crippen LogP contribution >= 0.6 is 11.6 Å². The van der Waals surface area contributed by atoms with Crippen LogP contribution in [0.3, 0.4) is 0 Å². The van der Waals surface area contributed by atoms with Crippen LogP contribution in [0.2, 0.25) is 5.02 Å². The van der Waals surface area contributed by atoms with E-state index < -0.39 is 17.9 Å². The molecule has 0 spiro atoms. The maximum atomic E-state index is 12.8. The van der Waals surface area contributed by atoms with Crippen LogP contribution in [0, 0.1) is 5.82 Å². The van der Waals surface area contributed by atoms with E-state index in [1.165, 1.54) is 19.2 Å². The summed E-state index contributed by atoms with van der Waals surface area (Å²) in [5.74, 6) is -1.10. The molecule has 1 aromatic carbocycles. The van der Waals surface area contributed by atoms with E-state index in [4.69, 9.17) is 11.6 Å². The fraction of sp³-hybridized carbons (Fsp3) is 0.300. The number of aliphatic hydroxyl groups excluding tert-OH is 1. The third kappa shape index (κ3) is 3.18. The Kier molecular flexibility index (Phi) is 4.05. The minimum atomic E-state index is -1.15. The van der Waals surface area contributed by atoms with Gasteiger partial charge in [0.1, 0.15) is 5.82 Å². The highest BCUT2D eigenvalue weighted by Gasteiger charge is 2.16. The molecule has 0 amide bonds. The van der Waals surface area contributed by atoms with Gasteiger partial charge in [0.15, 0.2) is 0 Å². The molecule has 0 heterocycles. The zero-order valence-corrected chi connectivity index (χ0v) is 8.79. The van der Waals surface area contributed by atoms with Gasteiger partial charge in [0.05, 0.1) is 19.6 Å². The molecule has 0 saturated heterocycles. The first kappa shape index (κ1) is 11.9. The van der Waals surface area contributed by atoms with Gasteiger partial charge >= 0.3 is 5.97 Å². The number of halogens is 2. The lowest BCUT2D eigenvalue weighted by molar-refractivity contribution is -0.142. The number of esters is 1. The van der Waals surface area contributed by atoms with Crippen molar-refractivity contribution in [3.63, 3.8) is 0 Å². The van der Waals surface area contributed by atoms with Gasteiger partial charge in [-0.15, -0.1) is 0 Å². The number of hydrogen-bond donors (Lipinski definition) is 1. The molecular formula is C10H10ClFO3. The standard InChI is InChI=1S/C10H10ClFO3/c1-15-10(14)5-9(13)7-4-6(12)2-3-8(7)11/h2-4,9,13H,5H2,1H3/t9-/m0/s1. The number of carbonyl (C=O) groups is 1. The molecule has 1 rings (SSSR count). The average molecular weight is 233 g/mol. The van der Waals surface area contributed by atoms with Crippen molar-refractivity contribution in [3.05, 3.63) is 34.6 Å². The van der Waals surface area contributed by atoms with Crippen LogP contribution in [0.5, 0.6) is 0 Å². The summed E-state index contributed by atoms with van der Waals surface area (Å²) in [6.45, 7) is 0. The molecule has 82 valence electrons. The van der Waals surface area contributed by atoms with Crippen molar-refractivity contribution in [2.45, 2.75) is 12.5 Å². The summed E-state index contributed by atoms with van der Waals surface area (Å²) in [6, 6.07) is 3.60. The molecule has 0 unspecified atom stereocenters. The van der Waals surface area contributed by atoms with Crippen molar-refractivity contribution in [2.75, 3.05) is 7.11 Å². The van der Waals surface area contributed by atoms with Gasteiger partial charge < -0.3 is 9.84 Å². The third-order valence-corrected chi connectivity index (χ3v) is 2.25. The molecular weight excluding hydrogens is 223 g/mol. The molecule has 5 heteroatoms. The van der Waals surface area contributed by atoms with E-state index in [2.05, 4.69) is 4.74 Å². The van der Waals surface area contributed by atoms with E-state index in [9.17, 15) is 14.3 Å². The zero-order chi connectivity index (χ0) is 11.4. The predicted molar refractivity (Wildman–Crippen MR) is 53.0 cm³/mol. The van der Waals surface area contributed by atoms with E-state index in [-0.39, 0.29) is 17.0 Å². The Morgan fingerprint density at radius 1 is 1.67 bits per heavy atom. The first-order valence-electron chi connectivity index (χ1n) is 4.24. The van der Waals surface area contributed by atoms with Crippen molar-refractivity contribution in [1.82, 2.24) is 0 Å². The van der Waals surface area contributed by atoms with E-state index >= 15 is 0 Å². The van der Waals surface area contributed by atoms with Crippen LogP contribution in [-0.4, -0.2) is 18.2 Å². The molecule has 0 aliphatic heterocycles. The minimum absolute atomic E-state index is 0.182. The lowest BCUT2D eigenvalue weighted by atomic mass is 10.1. The Labute approximate surface area is 91.4 Å². The fourth-order valence-electron chi connectivity index (χ4n) is 1.12. The summed E-state index contributed by atoms with van der Waals surface area (Å²) >= 11 is 5.74. The molecule has 0 aliphatic carbocycles. The number of rotatable bonds is 3. The van der Waals surface area contributed by atoms with E-state index in [0.29, 0.717) is 0 Å². The molecule has 0 bridgehead atoms. The summed E-state index contributed by atoms with van der Waals surface area (Å²) in [5, 5.41) is 9.79. The Balaban J connectivity index is 2.85. The van der Waals surface area contributed by atoms with Gasteiger partial charge in [0.25, 0.3) is 0 Å². The molecule has 0 aromatic heterocycles. The second-order valence-corrected chi connectivity index (χ2v) is 3.37. The lowest BCUT2D eigenvalue weighted by Gasteiger charge is -2.11. The Hall–Kier alpha value is -1.13. The first-order chi connectivity index (χ1) is 7.04. The van der Waals surface area contributed by atoms with Gasteiger partial charge in [0, 0.05) is 10.6 Å². The number of hydrogen-bond acceptors (Lipinski definition) is 3. The molecule has 1 aromatic rings. The second kappa shape index (κ2) is 5.09. The van der Waals surface area contributed by atoms with Gasteiger partial charge in [-0.2, -0.15) is 0 Å². The number of aliphatic hydroxyl groups is 1. The molecule has 0 fully saturated rings. The lowest BCUT2D eigenvalue weighted by Crippen LogP contribution is -2.08. The van der Waals surface area contributed by atoms with Gasteiger partial charge in [-0.1, -0.05) is 11.6 Å². The van der Waals surface area contributed by atoms with E-state index in [0.717, 1.165) is 6.07 Å². The van der Waals surface area contributed by atoms with Gasteiger partial charge in [-0.3, -0.25) is 4.79 Å². The van der Waals surface area contributed by atoms with Crippen LogP contribution in [0.1, 0.15) is 18.1 Å². The quantitative estimate of drug-likeness (QED) is 0.812. The van der Waals surface area contributed by atoms with Crippen molar-refractivity contribution in [3.8, 4) is 0 Å². The fourth-order valence-corrected chi connectivity index (χ4v) is 1.36. The van der Waals surface area contributed by atoms with Crippen molar-refractivity contribution >= 4 is 17.6 Å². The normalized spacial score (nSPS) is 12.3. The van der Waals surface area contributed by atoms with E-state index in [1.807, 2.05) is 0 Å². The monoisotopic (exact) mass is 232 g/mol. The summed E-state index contributed by atoms with van der Waals surface area (Å²) in [6.07, 6.45) is -1.40. The molecule has 3 nitrogen and oxygen atoms in total. The number of methoxy groups -OCH3 is 1. The maximum Gasteiger partial charge on any atom is 0.308 e. The summed E-state index contributed by atoms with van der Waals surface area (Å²) in [4.78, 5) is 10.9. The highest BCUT2D eigenvalue weighted by atomic mass is 35.5. The molecule has 1 N–H and O–H groups in total. The van der Waals surface area contributed by atoms with Crippen molar-refractivity contribution in [2.24, 2.45) is 0 Å². The largest absolute Gasteiger partial charge is 0.469 e. The van der Waals surface area contributed by atoms with Crippen molar-refractivity contribution < 1.29 is 19.0 Å². The third-order valence-electron chi connectivity index (χ3n) is 1.90. The minimum Gasteiger partial charge on any atom is -0.469 e. The SMILES string of the molecule is COC(=O)C[C@H](O)c1cc(F)ccc1Cl. The van der Waals surface area contributed by atoms with Gasteiger partial charge in [-0.05, 0) is 18.2 Å². The van der Waals surface area contributed by atoms with Crippen molar-refractivity contribution in [1.29, 1.82) is 0 Å². The summed E-state index contributed by atoms with van der Waals surface area (Å²) in [7, 11) is 1.21. The van der Waals surface area contributed by atoms with Crippen LogP contribution in [-0.2, 0) is 9.53 Å². The highest BCUT2D eigenvalue weighted by molar-refractivity contribution is 6.31. The number of carbonyl (C=O) groups excluding carboxylic acids is 1. The summed E-state index contributed by atoms with van der Waals surface area (Å²) < 4.78 is 17.2. The Morgan fingerprint density at radius 3 is 2.93 bits per heavy atom. The van der Waals surface area contributed by atoms with E-state index in [1.54, 1.807) is 0 Å². The zero-order valence-electron chi connectivity index (χ0n) is 8.04. The summed E-state index contributed by atoms with van der Waals surface area (Å²) in [5.41, 5.74) is 0.182. The first-order valence-corrected chi connectivity index (χ1v) is 4.62. The average Bonchev–Trinajstić information content (AvgIpc) is 2.21. The van der Waals surface area contributed by atoms with Gasteiger partial charge in [0.2, 0.25) is 0 Å². The molecule has 0 saturated carbocycles. The highest BCUT2D eigenvalue weighted by Crippen LogP contribution is 2.26. The maximum absolute atomic E-state index is 12.8. The Morgan fingerprint density at radius 2 is 2.33 bits per heavy atom. The molecule has 0 aliphatic rings. The van der Waals surface area contributed by atoms with Crippen LogP contribution in [0.15, 0.2) is 18.2 Å². The predicted octanol–water partition coefficient (Wildman–Crippen LogP) is 2.08. The molecule has 0 radical (unpaired) electrons. The second-order valence-electron chi connectivity index (χ2n) is 2.96. The van der Waals surface area contributed by atoms with Crippen LogP contribution in [0.25, 0.3) is 0 Å². The van der Waals surface area contributed by atoms with Gasteiger partial charge in [-0.25, -0.2) is 4.39 Å². The Bertz CT molecular complexity index is 368. The smallest absolute Gasteiger partial charge is 0.308 e. The number of benzene rings is 1. The topological polar surface area (TPSA) is 46.5 Å². The van der Waals surface area contributed by atoms with Crippen LogP contribution < -0.4 is 0 Å². The van der Waals surface area contributed by atoms with Crippen LogP contribution in [0.4, 0.5) is 4.39 Å². The number of ether oxygens (including phenoxy) is 1. The molecule has 15 heavy (non-hydrogen) atoms.